The molecule has 4 aromatic carbocycles. The summed E-state index contributed by atoms with van der Waals surface area (Å²) in [5.41, 5.74) is 2.54. The van der Waals surface area contributed by atoms with Crippen molar-refractivity contribution in [2.75, 3.05) is 24.4 Å². The fourth-order valence-electron chi connectivity index (χ4n) is 4.30. The van der Waals surface area contributed by atoms with E-state index in [-0.39, 0.29) is 11.6 Å². The number of hydrogen-bond donors (Lipinski definition) is 3. The fourth-order valence-corrected chi connectivity index (χ4v) is 6.07. The number of aromatic nitrogens is 1. The number of rotatable bonds is 12. The number of methoxy groups -OCH3 is 1. The quantitative estimate of drug-likeness (QED) is 0.0961. The minimum Gasteiger partial charge on any atom is -0.497 e. The minimum atomic E-state index is -0.486. The molecule has 234 valence electrons. The molecule has 3 N–H and O–H groups in total. The third kappa shape index (κ3) is 8.52. The van der Waals surface area contributed by atoms with Crippen LogP contribution in [-0.2, 0) is 9.59 Å². The second-order valence-corrected chi connectivity index (χ2v) is 12.4. The first kappa shape index (κ1) is 32.3. The molecule has 0 aliphatic carbocycles. The van der Waals surface area contributed by atoms with Crippen LogP contribution >= 0.6 is 23.1 Å². The third-order valence-corrected chi connectivity index (χ3v) is 8.70. The van der Waals surface area contributed by atoms with Crippen molar-refractivity contribution in [2.24, 2.45) is 0 Å². The maximum Gasteiger partial charge on any atom is 0.272 e. The smallest absolute Gasteiger partial charge is 0.272 e. The highest BCUT2D eigenvalue weighted by molar-refractivity contribution is 8.00. The number of thiazole rings is 1. The molecule has 0 spiro atoms. The number of nitrogens with zero attached hydrogens (tertiary/aromatic N) is 1. The van der Waals surface area contributed by atoms with E-state index in [4.69, 9.17) is 9.47 Å². The monoisotopic (exact) mass is 652 g/mol. The molecule has 5 rings (SSSR count). The number of thioether (sulfide) groups is 1. The Morgan fingerprint density at radius 2 is 1.63 bits per heavy atom. The first-order valence-corrected chi connectivity index (χ1v) is 16.2. The zero-order valence-electron chi connectivity index (χ0n) is 25.4. The van der Waals surface area contributed by atoms with Gasteiger partial charge in [-0.05, 0) is 92.2 Å². The molecule has 0 aliphatic heterocycles. The minimum absolute atomic E-state index is 0.0787. The van der Waals surface area contributed by atoms with Crippen LogP contribution in [0.25, 0.3) is 16.3 Å². The molecule has 5 aromatic rings. The summed E-state index contributed by atoms with van der Waals surface area (Å²) in [7, 11) is 1.61. The zero-order valence-corrected chi connectivity index (χ0v) is 27.0. The van der Waals surface area contributed by atoms with E-state index in [1.165, 1.54) is 23.1 Å². The van der Waals surface area contributed by atoms with Gasteiger partial charge in [0.1, 0.15) is 17.2 Å². The second kappa shape index (κ2) is 15.2. The van der Waals surface area contributed by atoms with E-state index in [9.17, 15) is 14.4 Å². The Hall–Kier alpha value is -5.13. The number of fused-ring (bicyclic) bond motifs is 1. The number of nitrogens with one attached hydrogen (secondary N) is 3. The van der Waals surface area contributed by atoms with Crippen LogP contribution in [0.15, 0.2) is 108 Å². The van der Waals surface area contributed by atoms with Crippen molar-refractivity contribution in [2.45, 2.75) is 24.0 Å². The van der Waals surface area contributed by atoms with Crippen LogP contribution in [0, 0.1) is 0 Å². The van der Waals surface area contributed by atoms with Crippen LogP contribution < -0.4 is 25.4 Å². The van der Waals surface area contributed by atoms with Crippen molar-refractivity contribution in [3.63, 3.8) is 0 Å². The van der Waals surface area contributed by atoms with Gasteiger partial charge in [-0.2, -0.15) is 0 Å². The van der Waals surface area contributed by atoms with E-state index in [0.29, 0.717) is 34.3 Å². The maximum absolute atomic E-state index is 13.4. The molecule has 0 saturated heterocycles. The summed E-state index contributed by atoms with van der Waals surface area (Å²) >= 11 is 2.77. The number of anilines is 2. The van der Waals surface area contributed by atoms with Crippen LogP contribution in [0.1, 0.15) is 29.8 Å². The summed E-state index contributed by atoms with van der Waals surface area (Å²) in [4.78, 5) is 44.6. The van der Waals surface area contributed by atoms with E-state index in [0.717, 1.165) is 20.9 Å². The van der Waals surface area contributed by atoms with Crippen LogP contribution in [0.4, 0.5) is 10.8 Å². The average Bonchev–Trinajstić information content (AvgIpc) is 3.48. The number of ether oxygens (including phenoxy) is 2. The molecule has 9 nitrogen and oxygen atoms in total. The van der Waals surface area contributed by atoms with Crippen molar-refractivity contribution >= 4 is 67.9 Å². The zero-order chi connectivity index (χ0) is 32.5. The van der Waals surface area contributed by atoms with E-state index in [2.05, 4.69) is 20.9 Å². The van der Waals surface area contributed by atoms with Crippen molar-refractivity contribution in [3.8, 4) is 11.5 Å². The van der Waals surface area contributed by atoms with Gasteiger partial charge in [0.05, 0.1) is 29.2 Å². The molecule has 46 heavy (non-hydrogen) atoms. The highest BCUT2D eigenvalue weighted by Crippen LogP contribution is 2.31. The summed E-state index contributed by atoms with van der Waals surface area (Å²) in [5.74, 6) is 0.375. The fraction of sp³-hybridized carbons (Fsp3) is 0.143. The number of carbonyl (C=O) groups excluding carboxylic acids is 3. The van der Waals surface area contributed by atoms with Crippen LogP contribution in [0.5, 0.6) is 11.5 Å². The van der Waals surface area contributed by atoms with Crippen molar-refractivity contribution in [3.05, 3.63) is 114 Å². The Kier molecular flexibility index (Phi) is 10.7. The number of amides is 3. The molecule has 0 radical (unpaired) electrons. The van der Waals surface area contributed by atoms with Crippen LogP contribution in [0.2, 0.25) is 0 Å². The summed E-state index contributed by atoms with van der Waals surface area (Å²) < 4.78 is 11.7. The Morgan fingerprint density at radius 3 is 2.33 bits per heavy atom. The lowest BCUT2D eigenvalue weighted by molar-refractivity contribution is -0.115. The van der Waals surface area contributed by atoms with Gasteiger partial charge in [-0.25, -0.2) is 4.98 Å². The summed E-state index contributed by atoms with van der Waals surface area (Å²) in [6.45, 7) is 4.26. The molecular formula is C35H32N4O5S2. The van der Waals surface area contributed by atoms with E-state index < -0.39 is 17.1 Å². The van der Waals surface area contributed by atoms with Gasteiger partial charge in [-0.3, -0.25) is 14.4 Å². The molecule has 11 heteroatoms. The molecule has 1 heterocycles. The molecule has 1 atom stereocenters. The molecule has 0 fully saturated rings. The van der Waals surface area contributed by atoms with Gasteiger partial charge in [0.25, 0.3) is 11.8 Å². The molecule has 0 saturated carbocycles. The molecule has 3 amide bonds. The Morgan fingerprint density at radius 1 is 0.913 bits per heavy atom. The lowest BCUT2D eigenvalue weighted by atomic mass is 10.1. The van der Waals surface area contributed by atoms with E-state index >= 15 is 0 Å². The maximum atomic E-state index is 13.4. The number of hydrogen-bond acceptors (Lipinski definition) is 8. The van der Waals surface area contributed by atoms with Crippen molar-refractivity contribution in [1.29, 1.82) is 0 Å². The number of carbonyl (C=O) groups is 3. The molecule has 1 unspecified atom stereocenters. The van der Waals surface area contributed by atoms with Gasteiger partial charge in [0.2, 0.25) is 5.91 Å². The van der Waals surface area contributed by atoms with Crippen LogP contribution in [0.3, 0.4) is 0 Å². The lowest BCUT2D eigenvalue weighted by Gasteiger charge is -2.13. The van der Waals surface area contributed by atoms with E-state index in [1.54, 1.807) is 61.7 Å². The Bertz CT molecular complexity index is 1860. The van der Waals surface area contributed by atoms with Gasteiger partial charge in [0, 0.05) is 16.1 Å². The first-order chi connectivity index (χ1) is 22.3. The standard InChI is InChI=1S/C35H32N4O5S2/c1-4-44-26-14-10-23(11-15-26)20-30(37-33(41)24-8-6-5-7-9-24)34(42)36-25-12-17-28(18-13-25)45-22(2)32(40)39-35-38-29-19-16-27(43-3)21-31(29)46-35/h5-22H,4H2,1-3H3,(H,36,42)(H,37,41)(H,38,39,40)/b30-20-. The first-order valence-electron chi connectivity index (χ1n) is 14.5. The van der Waals surface area contributed by atoms with E-state index in [1.807, 2.05) is 62.4 Å². The highest BCUT2D eigenvalue weighted by atomic mass is 32.2. The van der Waals surface area contributed by atoms with Crippen molar-refractivity contribution < 1.29 is 23.9 Å². The summed E-state index contributed by atoms with van der Waals surface area (Å²) in [5, 5.41) is 8.62. The van der Waals surface area contributed by atoms with Gasteiger partial charge in [-0.1, -0.05) is 41.7 Å². The summed E-state index contributed by atoms with van der Waals surface area (Å²) in [6.07, 6.45) is 1.61. The van der Waals surface area contributed by atoms with Gasteiger partial charge in [0.15, 0.2) is 5.13 Å². The topological polar surface area (TPSA) is 119 Å². The van der Waals surface area contributed by atoms with Crippen molar-refractivity contribution in [1.82, 2.24) is 10.3 Å². The van der Waals surface area contributed by atoms with Gasteiger partial charge in [-0.15, -0.1) is 11.8 Å². The molecule has 0 bridgehead atoms. The van der Waals surface area contributed by atoms with Crippen LogP contribution in [-0.4, -0.2) is 41.7 Å². The largest absolute Gasteiger partial charge is 0.497 e. The molecule has 1 aromatic heterocycles. The SMILES string of the molecule is CCOc1ccc(/C=C(\NC(=O)c2ccccc2)C(=O)Nc2ccc(SC(C)C(=O)Nc3nc4ccc(OC)cc4s3)cc2)cc1. The summed E-state index contributed by atoms with van der Waals surface area (Å²) in [6, 6.07) is 28.6. The lowest BCUT2D eigenvalue weighted by Crippen LogP contribution is -2.30. The number of benzene rings is 4. The second-order valence-electron chi connectivity index (χ2n) is 9.96. The molecule has 0 aliphatic rings. The third-order valence-electron chi connectivity index (χ3n) is 6.65. The molecular weight excluding hydrogens is 621 g/mol. The van der Waals surface area contributed by atoms with Gasteiger partial charge >= 0.3 is 0 Å². The predicted molar refractivity (Wildman–Crippen MR) is 185 cm³/mol. The highest BCUT2D eigenvalue weighted by Gasteiger charge is 2.18. The predicted octanol–water partition coefficient (Wildman–Crippen LogP) is 7.23. The Balaban J connectivity index is 1.23. The average molecular weight is 653 g/mol. The normalized spacial score (nSPS) is 11.8. The Labute approximate surface area is 275 Å². The van der Waals surface area contributed by atoms with Gasteiger partial charge < -0.3 is 25.4 Å².